The lowest BCUT2D eigenvalue weighted by Crippen LogP contribution is -2.28. The molecule has 1 unspecified atom stereocenters. The van der Waals surface area contributed by atoms with Crippen molar-refractivity contribution in [1.29, 1.82) is 0 Å². The second-order valence-corrected chi connectivity index (χ2v) is 6.26. The van der Waals surface area contributed by atoms with E-state index >= 15 is 0 Å². The van der Waals surface area contributed by atoms with Crippen molar-refractivity contribution in [2.24, 2.45) is 0 Å². The van der Waals surface area contributed by atoms with Gasteiger partial charge in [-0.3, -0.25) is 14.6 Å². The van der Waals surface area contributed by atoms with Crippen molar-refractivity contribution in [1.82, 2.24) is 19.6 Å². The highest BCUT2D eigenvalue weighted by Crippen LogP contribution is 2.15. The highest BCUT2D eigenvalue weighted by atomic mass is 16.5. The number of nitrogens with one attached hydrogen (secondary N) is 2. The minimum absolute atomic E-state index is 0.268. The van der Waals surface area contributed by atoms with Crippen LogP contribution >= 0.6 is 0 Å². The van der Waals surface area contributed by atoms with Crippen molar-refractivity contribution >= 4 is 17.5 Å². The number of fused-ring (bicyclic) bond motifs is 1. The summed E-state index contributed by atoms with van der Waals surface area (Å²) in [6, 6.07) is 11.3. The fourth-order valence-corrected chi connectivity index (χ4v) is 3.02. The number of carbonyl (C=O) groups is 1. The zero-order chi connectivity index (χ0) is 17.9. The van der Waals surface area contributed by atoms with Crippen molar-refractivity contribution < 1.29 is 9.53 Å². The van der Waals surface area contributed by atoms with Gasteiger partial charge in [0.15, 0.2) is 5.82 Å². The van der Waals surface area contributed by atoms with Gasteiger partial charge in [0.25, 0.3) is 11.5 Å². The van der Waals surface area contributed by atoms with Gasteiger partial charge in [0, 0.05) is 19.1 Å². The van der Waals surface area contributed by atoms with Gasteiger partial charge in [0.2, 0.25) is 5.78 Å². The van der Waals surface area contributed by atoms with Crippen molar-refractivity contribution in [2.75, 3.05) is 11.9 Å². The predicted molar refractivity (Wildman–Crippen MR) is 95.1 cm³/mol. The van der Waals surface area contributed by atoms with Gasteiger partial charge in [-0.15, -0.1) is 5.10 Å². The zero-order valence-electron chi connectivity index (χ0n) is 14.1. The van der Waals surface area contributed by atoms with E-state index in [0.717, 1.165) is 12.8 Å². The number of aromatic amines is 1. The van der Waals surface area contributed by atoms with E-state index in [1.165, 1.54) is 16.1 Å². The summed E-state index contributed by atoms with van der Waals surface area (Å²) in [5.74, 6) is 0.935. The van der Waals surface area contributed by atoms with E-state index in [0.29, 0.717) is 36.9 Å². The average molecular weight is 353 g/mol. The molecule has 2 aromatic heterocycles. The maximum Gasteiger partial charge on any atom is 0.254 e. The van der Waals surface area contributed by atoms with Gasteiger partial charge in [-0.2, -0.15) is 9.50 Å². The molecule has 0 aliphatic carbocycles. The molecule has 0 saturated carbocycles. The molecule has 0 radical (unpaired) electrons. The SMILES string of the molecule is O=C(Nc1cc(=O)[nH]c2nc(CCc3ccccc3)nn12)C1CCCO1. The molecule has 0 spiro atoms. The number of benzene rings is 1. The number of amides is 1. The average Bonchev–Trinajstić information content (AvgIpc) is 3.30. The Morgan fingerprint density at radius 3 is 2.92 bits per heavy atom. The summed E-state index contributed by atoms with van der Waals surface area (Å²) in [5, 5.41) is 7.16. The van der Waals surface area contributed by atoms with Gasteiger partial charge < -0.3 is 10.1 Å². The van der Waals surface area contributed by atoms with Crippen LogP contribution in [0.5, 0.6) is 0 Å². The van der Waals surface area contributed by atoms with Gasteiger partial charge in [-0.1, -0.05) is 30.3 Å². The summed E-state index contributed by atoms with van der Waals surface area (Å²) in [5.41, 5.74) is 0.842. The number of anilines is 1. The Kier molecular flexibility index (Phi) is 4.49. The first-order valence-electron chi connectivity index (χ1n) is 8.64. The van der Waals surface area contributed by atoms with Crippen LogP contribution in [0, 0.1) is 0 Å². The molecule has 1 saturated heterocycles. The van der Waals surface area contributed by atoms with Gasteiger partial charge in [0.1, 0.15) is 11.9 Å². The van der Waals surface area contributed by atoms with E-state index in [2.05, 4.69) is 20.4 Å². The molecule has 1 fully saturated rings. The first-order chi connectivity index (χ1) is 12.7. The minimum atomic E-state index is -0.481. The van der Waals surface area contributed by atoms with Crippen molar-refractivity contribution in [3.05, 3.63) is 58.1 Å². The van der Waals surface area contributed by atoms with Crippen molar-refractivity contribution in [2.45, 2.75) is 31.8 Å². The fraction of sp³-hybridized carbons (Fsp3) is 0.333. The smallest absolute Gasteiger partial charge is 0.254 e. The first-order valence-corrected chi connectivity index (χ1v) is 8.64. The highest BCUT2D eigenvalue weighted by Gasteiger charge is 2.24. The van der Waals surface area contributed by atoms with Crippen molar-refractivity contribution in [3.63, 3.8) is 0 Å². The molecular formula is C18H19N5O3. The summed E-state index contributed by atoms with van der Waals surface area (Å²) < 4.78 is 6.83. The Labute approximate surface area is 149 Å². The van der Waals surface area contributed by atoms with Crippen LogP contribution in [0.3, 0.4) is 0 Å². The van der Waals surface area contributed by atoms with E-state index in [-0.39, 0.29) is 11.5 Å². The largest absolute Gasteiger partial charge is 0.368 e. The molecule has 1 atom stereocenters. The molecule has 4 rings (SSSR count). The predicted octanol–water partition coefficient (Wildman–Crippen LogP) is 1.32. The number of H-pyrrole nitrogens is 1. The van der Waals surface area contributed by atoms with Crippen LogP contribution in [-0.2, 0) is 22.4 Å². The molecule has 3 heterocycles. The van der Waals surface area contributed by atoms with Crippen LogP contribution < -0.4 is 10.9 Å². The molecule has 1 aromatic carbocycles. The Bertz CT molecular complexity index is 973. The standard InChI is InChI=1S/C18H19N5O3/c24-16-11-15(20-17(25)13-7-4-10-26-13)23-18(21-16)19-14(22-23)9-8-12-5-2-1-3-6-12/h1-3,5-6,11,13H,4,7-10H2,(H,20,25)(H,19,21,22,24). The molecule has 8 nitrogen and oxygen atoms in total. The number of aromatic nitrogens is 4. The van der Waals surface area contributed by atoms with Crippen molar-refractivity contribution in [3.8, 4) is 0 Å². The van der Waals surface area contributed by atoms with E-state index in [9.17, 15) is 9.59 Å². The fourth-order valence-electron chi connectivity index (χ4n) is 3.02. The number of hydrogen-bond acceptors (Lipinski definition) is 5. The quantitative estimate of drug-likeness (QED) is 0.720. The monoisotopic (exact) mass is 353 g/mol. The summed E-state index contributed by atoms with van der Waals surface area (Å²) >= 11 is 0. The number of rotatable bonds is 5. The van der Waals surface area contributed by atoms with E-state index in [1.807, 2.05) is 30.3 Å². The van der Waals surface area contributed by atoms with E-state index in [4.69, 9.17) is 4.74 Å². The van der Waals surface area contributed by atoms with Crippen LogP contribution in [0.4, 0.5) is 5.82 Å². The maximum absolute atomic E-state index is 12.3. The van der Waals surface area contributed by atoms with Crippen LogP contribution in [-0.4, -0.2) is 38.2 Å². The third-order valence-electron chi connectivity index (χ3n) is 4.34. The lowest BCUT2D eigenvalue weighted by atomic mass is 10.1. The second kappa shape index (κ2) is 7.09. The molecule has 1 aliphatic heterocycles. The van der Waals surface area contributed by atoms with Gasteiger partial charge in [0.05, 0.1) is 0 Å². The van der Waals surface area contributed by atoms with Gasteiger partial charge in [-0.25, -0.2) is 0 Å². The third-order valence-corrected chi connectivity index (χ3v) is 4.34. The van der Waals surface area contributed by atoms with Crippen LogP contribution in [0.25, 0.3) is 5.78 Å². The number of ether oxygens (including phenoxy) is 1. The van der Waals surface area contributed by atoms with E-state index < -0.39 is 6.10 Å². The molecule has 0 bridgehead atoms. The Morgan fingerprint density at radius 1 is 1.31 bits per heavy atom. The Morgan fingerprint density at radius 2 is 2.15 bits per heavy atom. The summed E-state index contributed by atoms with van der Waals surface area (Å²) in [7, 11) is 0. The number of hydrogen-bond donors (Lipinski definition) is 2. The molecule has 134 valence electrons. The number of nitrogens with zero attached hydrogens (tertiary/aromatic N) is 3. The Balaban J connectivity index is 1.56. The van der Waals surface area contributed by atoms with Gasteiger partial charge in [-0.05, 0) is 24.8 Å². The molecule has 1 aliphatic rings. The lowest BCUT2D eigenvalue weighted by Gasteiger charge is -2.10. The second-order valence-electron chi connectivity index (χ2n) is 6.26. The molecule has 3 aromatic rings. The summed E-state index contributed by atoms with van der Waals surface area (Å²) in [6.45, 7) is 0.579. The molecular weight excluding hydrogens is 334 g/mol. The van der Waals surface area contributed by atoms with Crippen LogP contribution in [0.1, 0.15) is 24.2 Å². The maximum atomic E-state index is 12.3. The van der Waals surface area contributed by atoms with Crippen LogP contribution in [0.15, 0.2) is 41.2 Å². The molecule has 26 heavy (non-hydrogen) atoms. The van der Waals surface area contributed by atoms with Gasteiger partial charge >= 0.3 is 0 Å². The summed E-state index contributed by atoms with van der Waals surface area (Å²) in [6.07, 6.45) is 2.48. The first kappa shape index (κ1) is 16.5. The lowest BCUT2D eigenvalue weighted by molar-refractivity contribution is -0.124. The van der Waals surface area contributed by atoms with E-state index in [1.54, 1.807) is 0 Å². The number of aryl methyl sites for hydroxylation is 2. The Hall–Kier alpha value is -3.00. The minimum Gasteiger partial charge on any atom is -0.368 e. The molecule has 8 heteroatoms. The topological polar surface area (TPSA) is 101 Å². The highest BCUT2D eigenvalue weighted by molar-refractivity contribution is 5.93. The normalized spacial score (nSPS) is 16.8. The number of carbonyl (C=O) groups excluding carboxylic acids is 1. The molecule has 1 amide bonds. The summed E-state index contributed by atoms with van der Waals surface area (Å²) in [4.78, 5) is 31.2. The zero-order valence-corrected chi connectivity index (χ0v) is 14.1. The molecule has 2 N–H and O–H groups in total. The third kappa shape index (κ3) is 3.50. The van der Waals surface area contributed by atoms with Crippen LogP contribution in [0.2, 0.25) is 0 Å².